The predicted molar refractivity (Wildman–Crippen MR) is 277 cm³/mol. The summed E-state index contributed by atoms with van der Waals surface area (Å²) in [4.78, 5) is 21.0. The zero-order valence-electron chi connectivity index (χ0n) is 45.7. The number of hydrogen-bond donors (Lipinski definition) is 7. The van der Waals surface area contributed by atoms with Crippen molar-refractivity contribution in [1.82, 2.24) is 19.9 Å². The van der Waals surface area contributed by atoms with Crippen molar-refractivity contribution in [3.05, 3.63) is 46.4 Å². The molecular formula is C52H84F3N5O14S2. The maximum Gasteiger partial charge on any atom is 0.416 e. The molecule has 19 nitrogen and oxygen atoms in total. The maximum atomic E-state index is 14.7. The summed E-state index contributed by atoms with van der Waals surface area (Å²) in [5, 5.41) is 66.2. The normalized spacial score (nSPS) is 40.2. The third kappa shape index (κ3) is 14.3. The molecule has 434 valence electrons. The van der Waals surface area contributed by atoms with Gasteiger partial charge in [-0.1, -0.05) is 27.2 Å². The number of alkyl halides is 3. The number of hydrogen-bond acceptors (Lipinski definition) is 18. The Kier molecular flexibility index (Phi) is 20.6. The lowest BCUT2D eigenvalue weighted by Crippen LogP contribution is -2.70. The number of carbonyl (C=O) groups excluding carboxylic acids is 1. The predicted octanol–water partition coefficient (Wildman–Crippen LogP) is 4.87. The van der Waals surface area contributed by atoms with Crippen LogP contribution in [0.3, 0.4) is 0 Å². The van der Waals surface area contributed by atoms with E-state index in [9.17, 15) is 51.9 Å². The monoisotopic (exact) mass is 1120 g/mol. The van der Waals surface area contributed by atoms with Crippen LogP contribution in [0.5, 0.6) is 0 Å². The maximum absolute atomic E-state index is 14.7. The quantitative estimate of drug-likeness (QED) is 0.125. The Bertz CT molecular complexity index is 2280. The van der Waals surface area contributed by atoms with Gasteiger partial charge in [0.2, 0.25) is 0 Å². The van der Waals surface area contributed by atoms with Crippen molar-refractivity contribution in [1.29, 1.82) is 0 Å². The number of benzene rings is 1. The molecule has 0 aliphatic carbocycles. The smallest absolute Gasteiger partial charge is 0.416 e. The summed E-state index contributed by atoms with van der Waals surface area (Å²) >= 11 is 1.14. The van der Waals surface area contributed by atoms with Gasteiger partial charge in [-0.15, -0.1) is 11.3 Å². The zero-order chi connectivity index (χ0) is 56.3. The van der Waals surface area contributed by atoms with E-state index in [2.05, 4.69) is 19.9 Å². The first-order valence-corrected chi connectivity index (χ1v) is 28.9. The Morgan fingerprint density at radius 1 is 0.974 bits per heavy atom. The summed E-state index contributed by atoms with van der Waals surface area (Å²) in [5.74, 6) is -3.44. The molecule has 1 aromatic carbocycles. The Balaban J connectivity index is 1.37. The highest BCUT2D eigenvalue weighted by atomic mass is 32.2. The minimum Gasteiger partial charge on any atom is -0.459 e. The number of methoxy groups -OCH3 is 1. The number of esters is 1. The summed E-state index contributed by atoms with van der Waals surface area (Å²) in [5.41, 5.74) is -7.63. The molecule has 0 radical (unpaired) electrons. The van der Waals surface area contributed by atoms with E-state index in [0.717, 1.165) is 72.3 Å². The highest BCUT2D eigenvalue weighted by molar-refractivity contribution is 7.90. The van der Waals surface area contributed by atoms with Crippen molar-refractivity contribution in [3.63, 3.8) is 0 Å². The van der Waals surface area contributed by atoms with Crippen molar-refractivity contribution in [2.45, 2.75) is 217 Å². The number of aliphatic hydroxyl groups is 5. The molecule has 4 fully saturated rings. The third-order valence-corrected chi connectivity index (χ3v) is 18.6. The summed E-state index contributed by atoms with van der Waals surface area (Å²) in [6.07, 6.45) is -11.6. The molecular weight excluding hydrogens is 1040 g/mol. The number of β-amino-alcohol motifs (C(OH)–C–C–N with tert-alkyl or cyclic N) is 1. The van der Waals surface area contributed by atoms with Crippen LogP contribution in [0.25, 0.3) is 0 Å². The minimum atomic E-state index is -4.70. The number of carbonyl (C=O) groups is 1. The molecule has 4 aliphatic rings. The second kappa shape index (κ2) is 25.0. The Morgan fingerprint density at radius 3 is 2.22 bits per heavy atom. The fraction of sp³-hybridized carbons (Fsp3) is 0.808. The molecule has 4 saturated heterocycles. The number of aliphatic hydroxyl groups excluding tert-OH is 2. The molecule has 0 bridgehead atoms. The van der Waals surface area contributed by atoms with Gasteiger partial charge in [-0.3, -0.25) is 9.10 Å². The molecule has 0 saturated carbocycles. The number of nitrogens with one attached hydrogen (secondary N) is 2. The van der Waals surface area contributed by atoms with E-state index in [1.165, 1.54) is 27.2 Å². The molecule has 76 heavy (non-hydrogen) atoms. The molecule has 6 rings (SSSR count). The van der Waals surface area contributed by atoms with E-state index < -0.39 is 130 Å². The van der Waals surface area contributed by atoms with Crippen LogP contribution in [0.4, 0.5) is 18.9 Å². The number of anilines is 1. The molecule has 1 aromatic heterocycles. The standard InChI is InChI=1S/C52H84F3N5O14S2/c1-12-39-50(10,65)44(62)34(6)57-27-30(2)25-48(8,64)45(32(4)43(33(5)46(63)72-39)73-41-26-49(9,69-11)51(66,35(7)71-41)29-59-21-14-13-15-22-59)74-47-42(61)38(24-31(3)70-47)58-76(67,68)60(28-40-56-20-23-75-40)37-18-16-36(17-19-37)52(53,54)55/h16-20,23,30-35,38-39,41-45,47,57-58,61-62,64-66H,12-15,21-22,24-29H2,1-11H3/t30?,31-,32?,33?,34?,35+,38+,39?,41+,42-,43?,44?,45?,47+,48?,49-,50?,51+/m1/s1. The van der Waals surface area contributed by atoms with Crippen LogP contribution in [0.2, 0.25) is 0 Å². The van der Waals surface area contributed by atoms with Crippen LogP contribution < -0.4 is 14.3 Å². The average Bonchev–Trinajstić information content (AvgIpc) is 3.88. The fourth-order valence-electron chi connectivity index (χ4n) is 11.6. The zero-order valence-corrected chi connectivity index (χ0v) is 47.4. The summed E-state index contributed by atoms with van der Waals surface area (Å²) in [6.45, 7) is 18.3. The number of nitrogens with zero attached hydrogens (tertiary/aromatic N) is 3. The van der Waals surface area contributed by atoms with Gasteiger partial charge in [-0.25, -0.2) is 4.98 Å². The molecule has 5 heterocycles. The van der Waals surface area contributed by atoms with Crippen molar-refractivity contribution < 1.29 is 80.3 Å². The van der Waals surface area contributed by atoms with E-state index in [1.54, 1.807) is 53.8 Å². The van der Waals surface area contributed by atoms with Gasteiger partial charge in [0, 0.05) is 43.6 Å². The number of rotatable bonds is 14. The number of thiazole rings is 1. The first-order chi connectivity index (χ1) is 35.4. The SMILES string of the molecule is CCC1OC(=O)C(C)C(O[C@H]2C[C@@](C)(OC)[C@](O)(CN3CCCCC3)[C@H](C)O2)C(C)C(O[C@@H]2O[C@H](C)C[C@H](NS(=O)(=O)N(Cc3nccs3)c3ccc(C(F)(F)F)cc3)[C@H]2O)C(C)(O)CC(C)CNC(C)C(O)C1(C)O. The minimum absolute atomic E-state index is 0.00680. The van der Waals surface area contributed by atoms with Gasteiger partial charge in [0.1, 0.15) is 40.1 Å². The van der Waals surface area contributed by atoms with E-state index in [4.69, 9.17) is 28.4 Å². The van der Waals surface area contributed by atoms with Crippen LogP contribution in [0, 0.1) is 17.8 Å². The lowest BCUT2D eigenvalue weighted by molar-refractivity contribution is -0.339. The van der Waals surface area contributed by atoms with Crippen molar-refractivity contribution >= 4 is 33.2 Å². The number of likely N-dealkylation sites (tertiary alicyclic amines) is 1. The molecule has 10 unspecified atom stereocenters. The lowest BCUT2D eigenvalue weighted by Gasteiger charge is -2.55. The highest BCUT2D eigenvalue weighted by Gasteiger charge is 2.59. The fourth-order valence-corrected chi connectivity index (χ4v) is 13.8. The van der Waals surface area contributed by atoms with Gasteiger partial charge in [0.25, 0.3) is 0 Å². The van der Waals surface area contributed by atoms with Crippen molar-refractivity contribution in [3.8, 4) is 0 Å². The van der Waals surface area contributed by atoms with E-state index in [1.807, 2.05) is 6.92 Å². The lowest BCUT2D eigenvalue weighted by atomic mass is 9.74. The first kappa shape index (κ1) is 62.5. The number of halogens is 3. The number of cyclic esters (lactones) is 1. The topological polar surface area (TPSA) is 251 Å². The van der Waals surface area contributed by atoms with Crippen molar-refractivity contribution in [2.24, 2.45) is 17.8 Å². The second-order valence-electron chi connectivity index (χ2n) is 22.5. The second-order valence-corrected chi connectivity index (χ2v) is 25.1. The summed E-state index contributed by atoms with van der Waals surface area (Å²) < 4.78 is 112. The molecule has 18 atom stereocenters. The van der Waals surface area contributed by atoms with Gasteiger partial charge in [0.15, 0.2) is 12.6 Å². The van der Waals surface area contributed by atoms with Gasteiger partial charge in [0.05, 0.1) is 59.8 Å². The Morgan fingerprint density at radius 2 is 1.63 bits per heavy atom. The van der Waals surface area contributed by atoms with E-state index in [-0.39, 0.29) is 56.9 Å². The van der Waals surface area contributed by atoms with Crippen LogP contribution in [-0.4, -0.2) is 173 Å². The van der Waals surface area contributed by atoms with E-state index >= 15 is 0 Å². The highest BCUT2D eigenvalue weighted by Crippen LogP contribution is 2.44. The van der Waals surface area contributed by atoms with Gasteiger partial charge in [-0.05, 0) is 130 Å². The van der Waals surface area contributed by atoms with Gasteiger partial charge in [-0.2, -0.15) is 26.3 Å². The summed E-state index contributed by atoms with van der Waals surface area (Å²) in [6, 6.07) is 1.57. The number of piperidine rings is 1. The van der Waals surface area contributed by atoms with Crippen molar-refractivity contribution in [2.75, 3.05) is 37.6 Å². The molecule has 7 N–H and O–H groups in total. The number of ether oxygens (including phenoxy) is 6. The van der Waals surface area contributed by atoms with E-state index in [0.29, 0.717) is 5.01 Å². The average molecular weight is 1120 g/mol. The third-order valence-electron chi connectivity index (χ3n) is 16.3. The molecule has 0 spiro atoms. The largest absolute Gasteiger partial charge is 0.459 e. The molecule has 2 aromatic rings. The van der Waals surface area contributed by atoms with Crippen LogP contribution in [-0.2, 0) is 56.1 Å². The van der Waals surface area contributed by atoms with Crippen LogP contribution in [0.15, 0.2) is 35.8 Å². The van der Waals surface area contributed by atoms with Gasteiger partial charge < -0.3 is 64.2 Å². The van der Waals surface area contributed by atoms with Gasteiger partial charge >= 0.3 is 22.4 Å². The number of aromatic nitrogens is 1. The Labute approximate surface area is 450 Å². The van der Waals surface area contributed by atoms with Crippen LogP contribution in [0.1, 0.15) is 125 Å². The summed E-state index contributed by atoms with van der Waals surface area (Å²) in [7, 11) is -3.19. The molecule has 0 amide bonds. The molecule has 4 aliphatic heterocycles. The first-order valence-electron chi connectivity index (χ1n) is 26.6. The van der Waals surface area contributed by atoms with Crippen LogP contribution >= 0.6 is 11.3 Å². The molecule has 24 heteroatoms. The Hall–Kier alpha value is -2.66.